The summed E-state index contributed by atoms with van der Waals surface area (Å²) in [7, 11) is 0. The number of amides is 2. The molecule has 0 saturated carbocycles. The maximum Gasteiger partial charge on any atom is 0.271 e. The molecule has 9 nitrogen and oxygen atoms in total. The van der Waals surface area contributed by atoms with E-state index in [0.29, 0.717) is 46.4 Å². The summed E-state index contributed by atoms with van der Waals surface area (Å²) < 4.78 is 18.6. The molecule has 9 heteroatoms. The fourth-order valence-electron chi connectivity index (χ4n) is 5.30. The van der Waals surface area contributed by atoms with Crippen molar-refractivity contribution in [2.45, 2.75) is 34.2 Å². The third kappa shape index (κ3) is 5.83. The first kappa shape index (κ1) is 29.5. The zero-order valence-electron chi connectivity index (χ0n) is 25.5. The number of ether oxygens (including phenoxy) is 3. The van der Waals surface area contributed by atoms with Crippen LogP contribution in [0.1, 0.15) is 37.5 Å². The third-order valence-corrected chi connectivity index (χ3v) is 7.69. The Morgan fingerprint density at radius 1 is 1.00 bits per heavy atom. The molecule has 0 aliphatic carbocycles. The molecule has 2 amide bonds. The van der Waals surface area contributed by atoms with Crippen molar-refractivity contribution in [2.75, 3.05) is 13.4 Å². The molecule has 0 saturated heterocycles. The van der Waals surface area contributed by atoms with Gasteiger partial charge in [0.05, 0.1) is 24.5 Å². The van der Waals surface area contributed by atoms with Gasteiger partial charge in [-0.3, -0.25) is 14.5 Å². The number of fused-ring (bicyclic) bond motifs is 1. The van der Waals surface area contributed by atoms with Crippen LogP contribution in [0.25, 0.3) is 23.0 Å². The molecule has 6 rings (SSSR count). The summed E-state index contributed by atoms with van der Waals surface area (Å²) in [6.45, 7) is 8.51. The highest BCUT2D eigenvalue weighted by Gasteiger charge is 2.36. The van der Waals surface area contributed by atoms with Crippen LogP contribution >= 0.6 is 0 Å². The van der Waals surface area contributed by atoms with Crippen LogP contribution in [0.4, 0.5) is 0 Å². The van der Waals surface area contributed by atoms with Crippen molar-refractivity contribution in [1.82, 2.24) is 14.7 Å². The van der Waals surface area contributed by atoms with E-state index in [1.165, 1.54) is 0 Å². The van der Waals surface area contributed by atoms with Crippen LogP contribution < -0.4 is 14.2 Å². The number of hydrogen-bond donors (Lipinski definition) is 0. The van der Waals surface area contributed by atoms with Crippen molar-refractivity contribution < 1.29 is 23.8 Å². The van der Waals surface area contributed by atoms with Crippen LogP contribution in [0.2, 0.25) is 0 Å². The topological polar surface area (TPSA) is 107 Å². The first-order chi connectivity index (χ1) is 21.7. The quantitative estimate of drug-likeness (QED) is 0.170. The van der Waals surface area contributed by atoms with Gasteiger partial charge >= 0.3 is 0 Å². The Morgan fingerprint density at radius 2 is 1.78 bits per heavy atom. The zero-order chi connectivity index (χ0) is 31.7. The van der Waals surface area contributed by atoms with Gasteiger partial charge in [-0.05, 0) is 85.0 Å². The van der Waals surface area contributed by atoms with Gasteiger partial charge < -0.3 is 14.2 Å². The van der Waals surface area contributed by atoms with Crippen LogP contribution in [-0.4, -0.2) is 39.9 Å². The maximum atomic E-state index is 14.0. The van der Waals surface area contributed by atoms with E-state index in [-0.39, 0.29) is 24.5 Å². The lowest BCUT2D eigenvalue weighted by atomic mass is 9.92. The molecule has 0 N–H and O–H groups in total. The molecule has 1 aromatic heterocycles. The molecule has 45 heavy (non-hydrogen) atoms. The van der Waals surface area contributed by atoms with Gasteiger partial charge in [-0.1, -0.05) is 38.1 Å². The molecule has 0 spiro atoms. The first-order valence-corrected chi connectivity index (χ1v) is 14.7. The zero-order valence-corrected chi connectivity index (χ0v) is 25.5. The van der Waals surface area contributed by atoms with E-state index in [4.69, 9.17) is 19.3 Å². The summed E-state index contributed by atoms with van der Waals surface area (Å²) in [6.07, 6.45) is 3.57. The largest absolute Gasteiger partial charge is 0.493 e. The number of para-hydroxylation sites is 1. The second-order valence-electron chi connectivity index (χ2n) is 11.5. The van der Waals surface area contributed by atoms with Crippen LogP contribution in [-0.2, 0) is 16.1 Å². The van der Waals surface area contributed by atoms with Crippen molar-refractivity contribution in [3.8, 4) is 40.3 Å². The van der Waals surface area contributed by atoms with Crippen molar-refractivity contribution in [3.05, 3.63) is 106 Å². The lowest BCUT2D eigenvalue weighted by molar-refractivity contribution is -0.141. The number of imide groups is 1. The Labute approximate surface area is 261 Å². The van der Waals surface area contributed by atoms with Gasteiger partial charge in [0.15, 0.2) is 11.5 Å². The normalized spacial score (nSPS) is 15.3. The van der Waals surface area contributed by atoms with Crippen LogP contribution in [0.5, 0.6) is 17.2 Å². The number of carbonyl (C=O) groups is 2. The number of carbonyl (C=O) groups excluding carboxylic acids is 2. The van der Waals surface area contributed by atoms with E-state index in [1.54, 1.807) is 35.9 Å². The average Bonchev–Trinajstić information content (AvgIpc) is 3.68. The van der Waals surface area contributed by atoms with Gasteiger partial charge in [0.2, 0.25) is 6.79 Å². The Morgan fingerprint density at radius 3 is 2.51 bits per heavy atom. The van der Waals surface area contributed by atoms with Gasteiger partial charge in [-0.25, -0.2) is 4.68 Å². The molecule has 2 aliphatic heterocycles. The number of nitrogens with zero attached hydrogens (tertiary/aromatic N) is 4. The highest BCUT2D eigenvalue weighted by atomic mass is 16.7. The molecule has 0 fully saturated rings. The lowest BCUT2D eigenvalue weighted by Crippen LogP contribution is -2.42. The van der Waals surface area contributed by atoms with E-state index >= 15 is 0 Å². The molecule has 3 heterocycles. The van der Waals surface area contributed by atoms with Crippen molar-refractivity contribution in [1.29, 1.82) is 5.26 Å². The van der Waals surface area contributed by atoms with Gasteiger partial charge in [-0.15, -0.1) is 0 Å². The van der Waals surface area contributed by atoms with Gasteiger partial charge in [0.25, 0.3) is 11.8 Å². The molecule has 0 unspecified atom stereocenters. The van der Waals surface area contributed by atoms with Crippen LogP contribution in [0.3, 0.4) is 0 Å². The fourth-order valence-corrected chi connectivity index (χ4v) is 5.30. The second kappa shape index (κ2) is 12.2. The summed E-state index contributed by atoms with van der Waals surface area (Å²) in [5.74, 6) is 1.20. The van der Waals surface area contributed by atoms with Crippen LogP contribution in [0.15, 0.2) is 89.6 Å². The maximum absolute atomic E-state index is 14.0. The minimum Gasteiger partial charge on any atom is -0.493 e. The summed E-state index contributed by atoms with van der Waals surface area (Å²) in [4.78, 5) is 28.5. The third-order valence-electron chi connectivity index (χ3n) is 7.69. The van der Waals surface area contributed by atoms with E-state index in [9.17, 15) is 14.9 Å². The second-order valence-corrected chi connectivity index (χ2v) is 11.5. The summed E-state index contributed by atoms with van der Waals surface area (Å²) in [5.41, 5.74) is 5.09. The Balaban J connectivity index is 1.43. The predicted octanol–water partition coefficient (Wildman–Crippen LogP) is 6.40. The minimum absolute atomic E-state index is 0.0305. The number of nitriles is 1. The monoisotopic (exact) mass is 600 g/mol. The number of aryl methyl sites for hydroxylation is 1. The van der Waals surface area contributed by atoms with Gasteiger partial charge in [0, 0.05) is 22.9 Å². The number of hydrogen-bond acceptors (Lipinski definition) is 7. The van der Waals surface area contributed by atoms with Crippen molar-refractivity contribution in [3.63, 3.8) is 0 Å². The van der Waals surface area contributed by atoms with E-state index in [2.05, 4.69) is 13.8 Å². The number of aromatic nitrogens is 2. The molecule has 4 aromatic rings. The molecular weight excluding hydrogens is 568 g/mol. The Hall–Kier alpha value is -5.62. The van der Waals surface area contributed by atoms with E-state index < -0.39 is 11.8 Å². The minimum atomic E-state index is -0.636. The molecular formula is C36H32N4O5. The van der Waals surface area contributed by atoms with Gasteiger partial charge in [-0.2, -0.15) is 10.4 Å². The Kier molecular flexibility index (Phi) is 7.97. The molecule has 226 valence electrons. The standard InChI is InChI=1S/C36H32N4O5/c1-22(2)20-43-31-13-11-26(14-23(31)3)34-27(19-40(38-34)28-8-6-5-7-9-28)16-29-24(4)30(17-37)36(42)39(35(29)41)18-25-10-12-32-33(15-25)45-21-44-32/h5-16,19,22H,18,20-21H2,1-4H3/b29-16+. The summed E-state index contributed by atoms with van der Waals surface area (Å²) in [6, 6.07) is 22.8. The van der Waals surface area contributed by atoms with Crippen molar-refractivity contribution in [2.24, 2.45) is 5.92 Å². The highest BCUT2D eigenvalue weighted by molar-refractivity contribution is 6.19. The highest BCUT2D eigenvalue weighted by Crippen LogP contribution is 2.35. The molecule has 0 bridgehead atoms. The fraction of sp³-hybridized carbons (Fsp3) is 0.222. The van der Waals surface area contributed by atoms with Gasteiger partial charge in [0.1, 0.15) is 17.4 Å². The SMILES string of the molecule is CC1=C(C#N)C(=O)N(Cc2ccc3c(c2)OCO3)C(=O)/C1=C/c1cn(-c2ccccc2)nc1-c1ccc(OCC(C)C)c(C)c1. The smallest absolute Gasteiger partial charge is 0.271 e. The predicted molar refractivity (Wildman–Crippen MR) is 168 cm³/mol. The lowest BCUT2D eigenvalue weighted by Gasteiger charge is -2.27. The molecule has 2 aliphatic rings. The number of benzene rings is 3. The summed E-state index contributed by atoms with van der Waals surface area (Å²) in [5, 5.41) is 14.9. The summed E-state index contributed by atoms with van der Waals surface area (Å²) >= 11 is 0. The number of rotatable bonds is 8. The Bertz CT molecular complexity index is 1910. The average molecular weight is 601 g/mol. The van der Waals surface area contributed by atoms with Crippen LogP contribution in [0, 0.1) is 24.2 Å². The first-order valence-electron chi connectivity index (χ1n) is 14.7. The van der Waals surface area contributed by atoms with E-state index in [0.717, 1.165) is 27.5 Å². The van der Waals surface area contributed by atoms with Crippen molar-refractivity contribution >= 4 is 17.9 Å². The molecule has 0 radical (unpaired) electrons. The molecule has 3 aromatic carbocycles. The van der Waals surface area contributed by atoms with E-state index in [1.807, 2.05) is 67.7 Å². The molecule has 0 atom stereocenters.